The second-order valence-corrected chi connectivity index (χ2v) is 9.19. The third kappa shape index (κ3) is 4.20. The third-order valence-corrected chi connectivity index (χ3v) is 6.84. The van der Waals surface area contributed by atoms with Crippen molar-refractivity contribution < 1.29 is 4.74 Å². The van der Waals surface area contributed by atoms with Gasteiger partial charge in [-0.05, 0) is 55.8 Å². The Bertz CT molecular complexity index is 1200. The lowest BCUT2D eigenvalue weighted by Crippen LogP contribution is -2.22. The number of nitrogens with zero attached hydrogens (tertiary/aromatic N) is 2. The van der Waals surface area contributed by atoms with Crippen molar-refractivity contribution in [1.29, 1.82) is 0 Å². The second-order valence-electron chi connectivity index (χ2n) is 6.48. The van der Waals surface area contributed by atoms with Crippen molar-refractivity contribution in [2.45, 2.75) is 19.0 Å². The van der Waals surface area contributed by atoms with Crippen LogP contribution in [0.15, 0.2) is 64.5 Å². The van der Waals surface area contributed by atoms with Gasteiger partial charge in [-0.1, -0.05) is 41.6 Å². The molecule has 0 atom stereocenters. The van der Waals surface area contributed by atoms with Gasteiger partial charge in [0.2, 0.25) is 0 Å². The monoisotopic (exact) mass is 442 g/mol. The number of halogens is 1. The summed E-state index contributed by atoms with van der Waals surface area (Å²) in [6.45, 7) is 4.51. The molecule has 0 N–H and O–H groups in total. The van der Waals surface area contributed by atoms with Gasteiger partial charge in [-0.2, -0.15) is 0 Å². The summed E-state index contributed by atoms with van der Waals surface area (Å²) in [5.41, 5.74) is 1.80. The highest BCUT2D eigenvalue weighted by molar-refractivity contribution is 7.99. The number of thiophene rings is 1. The van der Waals surface area contributed by atoms with Crippen LogP contribution in [-0.4, -0.2) is 21.9 Å². The average molecular weight is 443 g/mol. The van der Waals surface area contributed by atoms with Gasteiger partial charge < -0.3 is 4.74 Å². The molecule has 0 fully saturated rings. The molecule has 148 valence electrons. The summed E-state index contributed by atoms with van der Waals surface area (Å²) in [6, 6.07) is 16.9. The average Bonchev–Trinajstić information content (AvgIpc) is 3.01. The van der Waals surface area contributed by atoms with Gasteiger partial charge in [0.05, 0.1) is 17.7 Å². The van der Waals surface area contributed by atoms with E-state index in [2.05, 4.69) is 0 Å². The number of para-hydroxylation sites is 1. The summed E-state index contributed by atoms with van der Waals surface area (Å²) in [7, 11) is 0. The number of aromatic nitrogens is 2. The highest BCUT2D eigenvalue weighted by Gasteiger charge is 2.17. The molecule has 7 heteroatoms. The van der Waals surface area contributed by atoms with Crippen molar-refractivity contribution in [2.75, 3.05) is 12.4 Å². The van der Waals surface area contributed by atoms with Crippen LogP contribution < -0.4 is 10.3 Å². The van der Waals surface area contributed by atoms with E-state index in [-0.39, 0.29) is 5.56 Å². The van der Waals surface area contributed by atoms with Gasteiger partial charge in [-0.3, -0.25) is 9.36 Å². The Morgan fingerprint density at radius 1 is 1.10 bits per heavy atom. The molecule has 0 aliphatic heterocycles. The zero-order valence-electron chi connectivity index (χ0n) is 16.0. The predicted molar refractivity (Wildman–Crippen MR) is 122 cm³/mol. The lowest BCUT2D eigenvalue weighted by molar-refractivity contribution is 0.344. The molecule has 0 unspecified atom stereocenters. The molecule has 0 saturated carbocycles. The summed E-state index contributed by atoms with van der Waals surface area (Å²) >= 11 is 8.99. The lowest BCUT2D eigenvalue weighted by atomic mass is 10.2. The fraction of sp³-hybridized carbons (Fsp3) is 0.182. The van der Waals surface area contributed by atoms with Crippen LogP contribution in [0.3, 0.4) is 0 Å². The normalized spacial score (nSPS) is 11.1. The standard InChI is InChI=1S/C22H19ClN2O2S2/c1-14-15(2)29-20-19(14)21(26)25(17-6-4-3-5-7-17)22(24-20)28-13-12-27-18-10-8-16(23)9-11-18/h3-11H,12-13H2,1-2H3. The second kappa shape index (κ2) is 8.61. The first kappa shape index (κ1) is 20.0. The molecule has 0 saturated heterocycles. The summed E-state index contributed by atoms with van der Waals surface area (Å²) in [5, 5.41) is 2.06. The summed E-state index contributed by atoms with van der Waals surface area (Å²) in [5.74, 6) is 1.43. The molecule has 2 heterocycles. The van der Waals surface area contributed by atoms with E-state index < -0.39 is 0 Å². The number of hydrogen-bond donors (Lipinski definition) is 0. The van der Waals surface area contributed by atoms with Crippen molar-refractivity contribution in [1.82, 2.24) is 9.55 Å². The zero-order valence-corrected chi connectivity index (χ0v) is 18.4. The van der Waals surface area contributed by atoms with Crippen molar-refractivity contribution in [3.8, 4) is 11.4 Å². The number of hydrogen-bond acceptors (Lipinski definition) is 5. The van der Waals surface area contributed by atoms with Crippen molar-refractivity contribution >= 4 is 44.9 Å². The summed E-state index contributed by atoms with van der Waals surface area (Å²) in [6.07, 6.45) is 0. The number of rotatable bonds is 6. The largest absolute Gasteiger partial charge is 0.493 e. The Morgan fingerprint density at radius 3 is 2.55 bits per heavy atom. The molecule has 4 nitrogen and oxygen atoms in total. The number of benzene rings is 2. The number of thioether (sulfide) groups is 1. The van der Waals surface area contributed by atoms with E-state index in [1.54, 1.807) is 28.0 Å². The Balaban J connectivity index is 1.63. The molecule has 0 amide bonds. The van der Waals surface area contributed by atoms with Gasteiger partial charge in [0.1, 0.15) is 10.6 Å². The van der Waals surface area contributed by atoms with Crippen molar-refractivity contribution in [2.24, 2.45) is 0 Å². The molecule has 2 aromatic heterocycles. The maximum atomic E-state index is 13.3. The van der Waals surface area contributed by atoms with Gasteiger partial charge in [0.15, 0.2) is 5.16 Å². The minimum atomic E-state index is -0.0239. The molecular formula is C22H19ClN2O2S2. The SMILES string of the molecule is Cc1sc2nc(SCCOc3ccc(Cl)cc3)n(-c3ccccc3)c(=O)c2c1C. The smallest absolute Gasteiger partial charge is 0.267 e. The van der Waals surface area contributed by atoms with Crippen LogP contribution in [-0.2, 0) is 0 Å². The highest BCUT2D eigenvalue weighted by Crippen LogP contribution is 2.29. The topological polar surface area (TPSA) is 44.1 Å². The summed E-state index contributed by atoms with van der Waals surface area (Å²) in [4.78, 5) is 20.1. The first-order chi connectivity index (χ1) is 14.0. The quantitative estimate of drug-likeness (QED) is 0.212. The molecule has 0 radical (unpaired) electrons. The van der Waals surface area contributed by atoms with E-state index in [1.807, 2.05) is 56.3 Å². The first-order valence-corrected chi connectivity index (χ1v) is 11.3. The van der Waals surface area contributed by atoms with Crippen molar-refractivity contribution in [3.05, 3.63) is 80.4 Å². The van der Waals surface area contributed by atoms with Crippen LogP contribution >= 0.6 is 34.7 Å². The van der Waals surface area contributed by atoms with Crippen LogP contribution in [0.25, 0.3) is 15.9 Å². The Morgan fingerprint density at radius 2 is 1.83 bits per heavy atom. The van der Waals surface area contributed by atoms with Crippen LogP contribution in [0, 0.1) is 13.8 Å². The third-order valence-electron chi connectivity index (χ3n) is 4.58. The van der Waals surface area contributed by atoms with Crippen LogP contribution in [0.5, 0.6) is 5.75 Å². The van der Waals surface area contributed by atoms with E-state index >= 15 is 0 Å². The number of aryl methyl sites for hydroxylation is 2. The molecule has 0 spiro atoms. The molecule has 0 aliphatic rings. The number of fused-ring (bicyclic) bond motifs is 1. The highest BCUT2D eigenvalue weighted by atomic mass is 35.5. The molecule has 4 aromatic rings. The molecular weight excluding hydrogens is 424 g/mol. The Kier molecular flexibility index (Phi) is 5.94. The van der Waals surface area contributed by atoms with Gasteiger partial charge in [0, 0.05) is 15.7 Å². The van der Waals surface area contributed by atoms with Gasteiger partial charge >= 0.3 is 0 Å². The van der Waals surface area contributed by atoms with Crippen LogP contribution in [0.1, 0.15) is 10.4 Å². The molecule has 29 heavy (non-hydrogen) atoms. The Labute approximate surface area is 182 Å². The maximum Gasteiger partial charge on any atom is 0.267 e. The van der Waals surface area contributed by atoms with Crippen molar-refractivity contribution in [3.63, 3.8) is 0 Å². The fourth-order valence-electron chi connectivity index (χ4n) is 3.00. The summed E-state index contributed by atoms with van der Waals surface area (Å²) < 4.78 is 7.48. The minimum absolute atomic E-state index is 0.0239. The number of ether oxygens (including phenoxy) is 1. The van der Waals surface area contributed by atoms with Gasteiger partial charge in [0.25, 0.3) is 5.56 Å². The van der Waals surface area contributed by atoms with Gasteiger partial charge in [-0.25, -0.2) is 4.98 Å². The molecule has 0 bridgehead atoms. The van der Waals surface area contributed by atoms with E-state index in [9.17, 15) is 4.79 Å². The van der Waals surface area contributed by atoms with Crippen LogP contribution in [0.2, 0.25) is 5.02 Å². The fourth-order valence-corrected chi connectivity index (χ4v) is 5.03. The minimum Gasteiger partial charge on any atom is -0.493 e. The van der Waals surface area contributed by atoms with E-state index in [4.69, 9.17) is 21.3 Å². The molecule has 2 aromatic carbocycles. The lowest BCUT2D eigenvalue weighted by Gasteiger charge is -2.12. The predicted octanol–water partition coefficient (Wildman–Crippen LogP) is 5.89. The van der Waals surface area contributed by atoms with E-state index in [1.165, 1.54) is 11.8 Å². The van der Waals surface area contributed by atoms with Crippen LogP contribution in [0.4, 0.5) is 0 Å². The van der Waals surface area contributed by atoms with E-state index in [0.29, 0.717) is 27.9 Å². The molecule has 0 aliphatic carbocycles. The van der Waals surface area contributed by atoms with Gasteiger partial charge in [-0.15, -0.1) is 11.3 Å². The zero-order chi connectivity index (χ0) is 20.4. The maximum absolute atomic E-state index is 13.3. The van der Waals surface area contributed by atoms with E-state index in [0.717, 1.165) is 26.7 Å². The molecule has 4 rings (SSSR count). The first-order valence-electron chi connectivity index (χ1n) is 9.14. The Hall–Kier alpha value is -2.28.